The van der Waals surface area contributed by atoms with Gasteiger partial charge in [0.1, 0.15) is 108 Å². The van der Waals surface area contributed by atoms with E-state index < -0.39 is 290 Å². The summed E-state index contributed by atoms with van der Waals surface area (Å²) >= 11 is 0. The number of rotatable bonds is 63. The lowest BCUT2D eigenvalue weighted by Gasteiger charge is -2.33. The van der Waals surface area contributed by atoms with Crippen molar-refractivity contribution in [1.29, 1.82) is 0 Å². The van der Waals surface area contributed by atoms with Crippen LogP contribution in [0.15, 0.2) is 36.8 Å². The lowest BCUT2D eigenvalue weighted by atomic mass is 9.95. The molecule has 0 bridgehead atoms. The van der Waals surface area contributed by atoms with Crippen LogP contribution in [0.4, 0.5) is 0 Å². The highest BCUT2D eigenvalue weighted by Gasteiger charge is 2.45. The van der Waals surface area contributed by atoms with Gasteiger partial charge in [-0.25, -0.2) is 9.78 Å². The van der Waals surface area contributed by atoms with Gasteiger partial charge in [-0.15, -0.1) is 0 Å². The second-order valence-corrected chi connectivity index (χ2v) is 36.6. The van der Waals surface area contributed by atoms with Crippen molar-refractivity contribution < 1.29 is 121 Å². The first-order chi connectivity index (χ1) is 64.3. The highest BCUT2D eigenvalue weighted by atomic mass is 16.4. The minimum atomic E-state index is -1.80. The lowest BCUT2D eigenvalue weighted by Crippen LogP contribution is -2.62. The number of amides is 18. The molecule has 1 aliphatic heterocycles. The number of nitrogens with one attached hydrogen (secondary N) is 16. The van der Waals surface area contributed by atoms with Crippen LogP contribution in [0.2, 0.25) is 0 Å². The second-order valence-electron chi connectivity index (χ2n) is 36.6. The van der Waals surface area contributed by atoms with Gasteiger partial charge < -0.3 is 138 Å². The molecule has 29 N–H and O–H groups in total. The Morgan fingerprint density at radius 1 is 0.438 bits per heavy atom. The summed E-state index contributed by atoms with van der Waals surface area (Å²) < 4.78 is 0. The molecule has 1 aromatic carbocycles. The lowest BCUT2D eigenvalue weighted by molar-refractivity contribution is -0.144. The number of aliphatic carboxylic acids is 2. The number of phenols is 1. The number of carboxylic acid groups (broad SMARTS) is 2. The quantitative estimate of drug-likeness (QED) is 0.0278. The van der Waals surface area contributed by atoms with Crippen molar-refractivity contribution in [3.05, 3.63) is 48.0 Å². The predicted molar refractivity (Wildman–Crippen MR) is 497 cm³/mol. The number of aliphatic hydroxyl groups is 2. The number of imidazole rings is 1. The second kappa shape index (κ2) is 59.5. The number of phenolic OH excluding ortho intramolecular Hbond substituents is 1. The van der Waals surface area contributed by atoms with Gasteiger partial charge in [0.05, 0.1) is 26.0 Å². The maximum absolute atomic E-state index is 15.0. The largest absolute Gasteiger partial charge is 0.508 e. The molecule has 2 heterocycles. The monoisotopic (exact) mass is 1940 g/mol. The van der Waals surface area contributed by atoms with Crippen LogP contribution < -0.4 is 103 Å². The number of primary amides is 2. The van der Waals surface area contributed by atoms with Gasteiger partial charge in [0.15, 0.2) is 0 Å². The molecule has 0 radical (unpaired) electrons. The minimum Gasteiger partial charge on any atom is -0.508 e. The third-order valence-corrected chi connectivity index (χ3v) is 23.4. The zero-order valence-corrected chi connectivity index (χ0v) is 81.0. The molecular weight excluding hydrogens is 1790 g/mol. The van der Waals surface area contributed by atoms with E-state index in [-0.39, 0.29) is 114 Å². The third kappa shape index (κ3) is 40.7. The number of aromatic amines is 1. The zero-order chi connectivity index (χ0) is 104. The molecule has 1 saturated heterocycles. The van der Waals surface area contributed by atoms with Gasteiger partial charge in [-0.3, -0.25) is 91.1 Å². The van der Waals surface area contributed by atoms with Crippen LogP contribution in [0.3, 0.4) is 0 Å². The van der Waals surface area contributed by atoms with E-state index in [0.29, 0.717) is 17.7 Å². The van der Waals surface area contributed by atoms with E-state index in [4.69, 9.17) is 28.0 Å². The highest BCUT2D eigenvalue weighted by molar-refractivity contribution is 6.02. The number of hydrogen-bond acceptors (Lipinski definition) is 26. The molecule has 137 heavy (non-hydrogen) atoms. The van der Waals surface area contributed by atoms with E-state index in [1.54, 1.807) is 96.9 Å². The zero-order valence-electron chi connectivity index (χ0n) is 81.0. The summed E-state index contributed by atoms with van der Waals surface area (Å²) in [7, 11) is 0. The third-order valence-electron chi connectivity index (χ3n) is 23.4. The first-order valence-corrected chi connectivity index (χ1v) is 46.7. The summed E-state index contributed by atoms with van der Waals surface area (Å²) in [4.78, 5) is 285. The molecule has 0 aliphatic carbocycles. The summed E-state index contributed by atoms with van der Waals surface area (Å²) in [5, 5.41) is 87.4. The Kier molecular flexibility index (Phi) is 51.5. The highest BCUT2D eigenvalue weighted by Crippen LogP contribution is 2.25. The predicted octanol–water partition coefficient (Wildman–Crippen LogP) is -4.35. The van der Waals surface area contributed by atoms with E-state index in [2.05, 4.69) is 89.7 Å². The van der Waals surface area contributed by atoms with Gasteiger partial charge in [0, 0.05) is 44.1 Å². The van der Waals surface area contributed by atoms with Crippen LogP contribution in [0.1, 0.15) is 218 Å². The van der Waals surface area contributed by atoms with E-state index in [1.807, 2.05) is 0 Å². The SMILES string of the molecule is CC[C@H](C)[C@H](NC(=O)[C@H](CC(C)C)NC(=O)[C@H](CO)NC(=O)[C@H](C)NC(=O)[C@H](CC(N)=O)NC(=O)[C@@H]1CCCN1C(=O)[C@@H](NC(=O)[C@H](CC(C)C)NC(=O)[C@H](CCCCN)NC(=O)[C@@H](NC(=O)[C@@H](NC(=O)[C@H](CC(C)C)NC(=O)[C@H](Cc1ccc(O)cc1)NC(=O)[C@H](CCC(N)=O)NC(=O)[C@H](Cc1cnc[nH]1)NC(=O)[C@@H](N)CO)C(C)C)[C@@H](C)CC)[C@@H](C)CC)C(=O)N[C@@H](CCC(=O)O)C(=O)O. The molecule has 0 spiro atoms. The standard InChI is InChI=1S/C90H148N22O25/c1-16-48(12)71(88(134)100-58(90(136)137)29-31-69(118)119)109-82(128)60(35-45(6)7)104-84(130)65(42-114)107-74(120)51(15)97-78(124)64(39-68(94)117)106-85(131)66-23-21-33-112(66)89(135)73(50(14)18-3)111-83(129)61(36-46(8)9)102-76(122)56(22-19-20-32-91)99-87(133)72(49(13)17-2)110-86(132)70(47(10)11)108-81(127)59(34-44(4)5)103-79(125)62(37-52-24-26-54(115)27-25-52)105-77(123)57(28-30-67(93)116)98-80(126)63(38-53-40-95-43-96-53)101-75(121)55(92)41-113/h24-27,40,43-51,55-66,70-73,113-115H,16-23,28-39,41-42,91-92H2,1-15H3,(H2,93,116)(H2,94,117)(H,95,96)(H,97,124)(H,98,126)(H,99,133)(H,100,134)(H,101,121)(H,102,122)(H,103,125)(H,104,130)(H,105,123)(H,106,131)(H,107,120)(H,108,127)(H,109,128)(H,110,132)(H,111,129)(H,118,119)(H,136,137)/t48-,49-,50-,51-,55-,56-,57-,58-,59-,60-,61-,62-,63-,64-,65-,66-,70-,71-,72-,73-/m0/s1. The van der Waals surface area contributed by atoms with Crippen molar-refractivity contribution in [2.45, 2.75) is 322 Å². The van der Waals surface area contributed by atoms with Crippen molar-refractivity contribution in [1.82, 2.24) is 94.6 Å². The molecule has 18 amide bonds. The number of carboxylic acids is 2. The number of benzene rings is 1. The van der Waals surface area contributed by atoms with Crippen molar-refractivity contribution >= 4 is 118 Å². The topological polar surface area (TPSA) is 759 Å². The van der Waals surface area contributed by atoms with Crippen LogP contribution in [0.5, 0.6) is 5.75 Å². The molecule has 20 atom stereocenters. The number of carbonyl (C=O) groups is 20. The number of likely N-dealkylation sites (tertiary alicyclic amines) is 1. The van der Waals surface area contributed by atoms with Gasteiger partial charge >= 0.3 is 11.9 Å². The van der Waals surface area contributed by atoms with Gasteiger partial charge in [-0.2, -0.15) is 0 Å². The molecule has 47 heteroatoms. The number of aromatic nitrogens is 2. The summed E-state index contributed by atoms with van der Waals surface area (Å²) in [5.41, 5.74) is 23.5. The van der Waals surface area contributed by atoms with Crippen molar-refractivity contribution in [2.24, 2.45) is 64.4 Å². The number of unbranched alkanes of at least 4 members (excludes halogenated alkanes) is 1. The van der Waals surface area contributed by atoms with E-state index in [1.165, 1.54) is 41.7 Å². The van der Waals surface area contributed by atoms with Crippen molar-refractivity contribution in [3.8, 4) is 5.75 Å². The summed E-state index contributed by atoms with van der Waals surface area (Å²) in [6.45, 7) is 23.1. The fourth-order valence-electron chi connectivity index (χ4n) is 14.8. The molecule has 47 nitrogen and oxygen atoms in total. The Morgan fingerprint density at radius 3 is 1.30 bits per heavy atom. The molecule has 1 aliphatic rings. The van der Waals surface area contributed by atoms with Crippen LogP contribution in [-0.2, 0) is 109 Å². The average Bonchev–Trinajstić information content (AvgIpc) is 1.63. The summed E-state index contributed by atoms with van der Waals surface area (Å²) in [5.74, 6) is -23.6. The minimum absolute atomic E-state index is 0.00752. The molecule has 1 aromatic heterocycles. The molecule has 0 unspecified atom stereocenters. The van der Waals surface area contributed by atoms with Crippen LogP contribution in [-0.4, -0.2) is 288 Å². The van der Waals surface area contributed by atoms with Crippen LogP contribution >= 0.6 is 0 Å². The van der Waals surface area contributed by atoms with Gasteiger partial charge in [0.25, 0.3) is 0 Å². The first kappa shape index (κ1) is 119. The van der Waals surface area contributed by atoms with Gasteiger partial charge in [0.2, 0.25) is 106 Å². The molecule has 1 fully saturated rings. The fourth-order valence-corrected chi connectivity index (χ4v) is 14.8. The molecule has 0 saturated carbocycles. The Bertz CT molecular complexity index is 4390. The van der Waals surface area contributed by atoms with E-state index in [0.717, 1.165) is 6.92 Å². The number of carbonyl (C=O) groups excluding carboxylic acids is 18. The van der Waals surface area contributed by atoms with E-state index >= 15 is 4.79 Å². The van der Waals surface area contributed by atoms with E-state index in [9.17, 15) is 112 Å². The van der Waals surface area contributed by atoms with Crippen molar-refractivity contribution in [3.63, 3.8) is 0 Å². The maximum atomic E-state index is 15.0. The summed E-state index contributed by atoms with van der Waals surface area (Å²) in [6, 6.07) is -19.9. The Morgan fingerprint density at radius 2 is 0.847 bits per heavy atom. The Hall–Kier alpha value is -12.5. The van der Waals surface area contributed by atoms with Crippen LogP contribution in [0.25, 0.3) is 0 Å². The van der Waals surface area contributed by atoms with Gasteiger partial charge in [-0.1, -0.05) is 128 Å². The van der Waals surface area contributed by atoms with Gasteiger partial charge in [-0.05, 0) is 137 Å². The maximum Gasteiger partial charge on any atom is 0.326 e. The number of aromatic hydroxyl groups is 1. The normalized spacial score (nSPS) is 16.7. The smallest absolute Gasteiger partial charge is 0.326 e. The first-order valence-electron chi connectivity index (χ1n) is 46.7. The average molecular weight is 1940 g/mol. The number of H-pyrrole nitrogens is 1. The number of hydrogen-bond donors (Lipinski definition) is 25. The van der Waals surface area contributed by atoms with Crippen molar-refractivity contribution in [2.75, 3.05) is 26.3 Å². The number of aliphatic hydroxyl groups excluding tert-OH is 2. The number of nitrogens with zero attached hydrogens (tertiary/aromatic N) is 2. The molecule has 2 aromatic rings. The Balaban J connectivity index is 1.90. The van der Waals surface area contributed by atoms with Crippen LogP contribution in [0, 0.1) is 41.4 Å². The Labute approximate surface area is 797 Å². The molecule has 3 rings (SSSR count). The molecule has 768 valence electrons. The fraction of sp³-hybridized carbons (Fsp3) is 0.678. The number of nitrogens with two attached hydrogens (primary N) is 4. The molecular formula is C90H148N22O25. The summed E-state index contributed by atoms with van der Waals surface area (Å²) in [6.07, 6.45) is 0.841.